The predicted octanol–water partition coefficient (Wildman–Crippen LogP) is 3.95. The first-order chi connectivity index (χ1) is 10.1. The van der Waals surface area contributed by atoms with Crippen molar-refractivity contribution in [3.8, 4) is 6.07 Å². The van der Waals surface area contributed by atoms with E-state index in [2.05, 4.69) is 4.98 Å². The third-order valence-corrected chi connectivity index (χ3v) is 3.16. The van der Waals surface area contributed by atoms with E-state index in [4.69, 9.17) is 28.5 Å². The molecular formula is C15H11Cl2N3O. The van der Waals surface area contributed by atoms with Gasteiger partial charge in [0.2, 0.25) is 0 Å². The van der Waals surface area contributed by atoms with E-state index in [9.17, 15) is 4.79 Å². The summed E-state index contributed by atoms with van der Waals surface area (Å²) in [6.07, 6.45) is 0.229. The second kappa shape index (κ2) is 7.07. The summed E-state index contributed by atoms with van der Waals surface area (Å²) in [5.74, 6) is -0.275. The minimum absolute atomic E-state index is 0.152. The van der Waals surface area contributed by atoms with E-state index in [-0.39, 0.29) is 29.2 Å². The molecule has 0 aliphatic carbocycles. The van der Waals surface area contributed by atoms with E-state index < -0.39 is 0 Å². The molecule has 1 aromatic heterocycles. The number of carbonyl (C=O) groups is 1. The molecule has 0 saturated heterocycles. The molecule has 0 saturated carbocycles. The molecular weight excluding hydrogens is 309 g/mol. The highest BCUT2D eigenvalue weighted by atomic mass is 35.5. The molecule has 0 N–H and O–H groups in total. The Morgan fingerprint density at radius 2 is 1.81 bits per heavy atom. The molecule has 1 aromatic carbocycles. The summed E-state index contributed by atoms with van der Waals surface area (Å²) in [5, 5.41) is 9.07. The molecule has 1 amide bonds. The maximum Gasteiger partial charge on any atom is 0.258 e. The number of nitrogens with zero attached hydrogens (tertiary/aromatic N) is 3. The smallest absolute Gasteiger partial charge is 0.258 e. The summed E-state index contributed by atoms with van der Waals surface area (Å²) in [7, 11) is 0. The fourth-order valence-electron chi connectivity index (χ4n) is 1.86. The van der Waals surface area contributed by atoms with Crippen LogP contribution in [0.15, 0.2) is 42.5 Å². The minimum atomic E-state index is -0.275. The molecule has 0 spiro atoms. The largest absolute Gasteiger partial charge is 0.307 e. The van der Waals surface area contributed by atoms with E-state index in [1.54, 1.807) is 12.1 Å². The Balaban J connectivity index is 2.36. The molecule has 0 unspecified atom stereocenters. The quantitative estimate of drug-likeness (QED) is 0.802. The van der Waals surface area contributed by atoms with Crippen LogP contribution in [0.4, 0.5) is 5.69 Å². The van der Waals surface area contributed by atoms with Crippen molar-refractivity contribution in [1.82, 2.24) is 4.98 Å². The van der Waals surface area contributed by atoms with Crippen LogP contribution in [0.2, 0.25) is 10.3 Å². The average molecular weight is 320 g/mol. The Morgan fingerprint density at radius 1 is 1.19 bits per heavy atom. The fraction of sp³-hybridized carbons (Fsp3) is 0.133. The van der Waals surface area contributed by atoms with Crippen LogP contribution < -0.4 is 4.90 Å². The fourth-order valence-corrected chi connectivity index (χ4v) is 2.32. The van der Waals surface area contributed by atoms with Crippen LogP contribution in [0.25, 0.3) is 0 Å². The lowest BCUT2D eigenvalue weighted by Gasteiger charge is -2.22. The third kappa shape index (κ3) is 3.94. The number of carbonyl (C=O) groups excluding carboxylic acids is 1. The minimum Gasteiger partial charge on any atom is -0.307 e. The molecule has 6 heteroatoms. The van der Waals surface area contributed by atoms with Gasteiger partial charge in [-0.3, -0.25) is 4.79 Å². The van der Waals surface area contributed by atoms with Gasteiger partial charge in [-0.15, -0.1) is 0 Å². The number of hydrogen-bond acceptors (Lipinski definition) is 3. The van der Waals surface area contributed by atoms with Crippen molar-refractivity contribution in [1.29, 1.82) is 5.26 Å². The molecule has 0 bridgehead atoms. The number of halogens is 2. The molecule has 106 valence electrons. The van der Waals surface area contributed by atoms with E-state index in [0.717, 1.165) is 0 Å². The maximum absolute atomic E-state index is 12.6. The van der Waals surface area contributed by atoms with Gasteiger partial charge >= 0.3 is 0 Å². The van der Waals surface area contributed by atoms with Crippen molar-refractivity contribution >= 4 is 34.8 Å². The topological polar surface area (TPSA) is 57.0 Å². The van der Waals surface area contributed by atoms with Crippen LogP contribution in [0, 0.1) is 11.3 Å². The molecule has 0 radical (unpaired) electrons. The highest BCUT2D eigenvalue weighted by molar-refractivity contribution is 6.33. The molecule has 4 nitrogen and oxygen atoms in total. The highest BCUT2D eigenvalue weighted by Gasteiger charge is 2.18. The number of anilines is 1. The van der Waals surface area contributed by atoms with Crippen molar-refractivity contribution in [3.05, 3.63) is 58.3 Å². The Hall–Kier alpha value is -2.09. The second-order valence-electron chi connectivity index (χ2n) is 4.20. The first kappa shape index (κ1) is 15.3. The molecule has 0 aliphatic heterocycles. The van der Waals surface area contributed by atoms with Crippen molar-refractivity contribution in [2.75, 3.05) is 11.4 Å². The number of para-hydroxylation sites is 1. The van der Waals surface area contributed by atoms with E-state index in [1.165, 1.54) is 17.0 Å². The molecule has 0 fully saturated rings. The first-order valence-corrected chi connectivity index (χ1v) is 6.94. The number of pyridine rings is 1. The van der Waals surface area contributed by atoms with Gasteiger partial charge < -0.3 is 4.90 Å². The second-order valence-corrected chi connectivity index (χ2v) is 4.98. The van der Waals surface area contributed by atoms with Crippen molar-refractivity contribution < 1.29 is 4.79 Å². The number of rotatable bonds is 4. The lowest BCUT2D eigenvalue weighted by atomic mass is 10.2. The average Bonchev–Trinajstić information content (AvgIpc) is 2.47. The van der Waals surface area contributed by atoms with Crippen molar-refractivity contribution in [2.24, 2.45) is 0 Å². The van der Waals surface area contributed by atoms with Gasteiger partial charge in [0.1, 0.15) is 10.3 Å². The standard InChI is InChI=1S/C15H11Cl2N3O/c16-13-9-11(10-14(17)19-13)15(21)20(8-4-7-18)12-5-2-1-3-6-12/h1-3,5-6,9-10H,4,8H2. The van der Waals surface area contributed by atoms with Crippen LogP contribution in [-0.2, 0) is 0 Å². The summed E-state index contributed by atoms with van der Waals surface area (Å²) in [6, 6.07) is 14.1. The van der Waals surface area contributed by atoms with E-state index in [1.807, 2.05) is 24.3 Å². The molecule has 2 rings (SSSR count). The Morgan fingerprint density at radius 3 is 2.38 bits per heavy atom. The summed E-state index contributed by atoms with van der Waals surface area (Å²) in [5.41, 5.74) is 1.05. The van der Waals surface area contributed by atoms with Crippen molar-refractivity contribution in [2.45, 2.75) is 6.42 Å². The van der Waals surface area contributed by atoms with Gasteiger partial charge in [0.15, 0.2) is 0 Å². The predicted molar refractivity (Wildman–Crippen MR) is 82.6 cm³/mol. The van der Waals surface area contributed by atoms with E-state index in [0.29, 0.717) is 11.3 Å². The monoisotopic (exact) mass is 319 g/mol. The summed E-state index contributed by atoms with van der Waals surface area (Å²) in [4.78, 5) is 18.0. The lowest BCUT2D eigenvalue weighted by molar-refractivity contribution is 0.0987. The number of amides is 1. The van der Waals surface area contributed by atoms with Crippen LogP contribution in [0.3, 0.4) is 0 Å². The van der Waals surface area contributed by atoms with Crippen LogP contribution >= 0.6 is 23.2 Å². The molecule has 1 heterocycles. The molecule has 2 aromatic rings. The number of benzene rings is 1. The van der Waals surface area contributed by atoms with Crippen molar-refractivity contribution in [3.63, 3.8) is 0 Å². The van der Waals surface area contributed by atoms with Gasteiger partial charge in [-0.05, 0) is 24.3 Å². The Labute approximate surface area is 132 Å². The Bertz CT molecular complexity index is 663. The van der Waals surface area contributed by atoms with E-state index >= 15 is 0 Å². The lowest BCUT2D eigenvalue weighted by Crippen LogP contribution is -2.31. The zero-order valence-electron chi connectivity index (χ0n) is 11.0. The van der Waals surface area contributed by atoms with Gasteiger partial charge in [-0.2, -0.15) is 5.26 Å². The van der Waals surface area contributed by atoms with Crippen LogP contribution in [-0.4, -0.2) is 17.4 Å². The number of nitriles is 1. The van der Waals surface area contributed by atoms with Crippen LogP contribution in [0.5, 0.6) is 0 Å². The molecule has 0 atom stereocenters. The summed E-state index contributed by atoms with van der Waals surface area (Å²) < 4.78 is 0. The highest BCUT2D eigenvalue weighted by Crippen LogP contribution is 2.20. The zero-order chi connectivity index (χ0) is 15.2. The summed E-state index contributed by atoms with van der Waals surface area (Å²) >= 11 is 11.7. The van der Waals surface area contributed by atoms with Gasteiger partial charge in [0.25, 0.3) is 5.91 Å². The first-order valence-electron chi connectivity index (χ1n) is 6.19. The number of hydrogen-bond donors (Lipinski definition) is 0. The van der Waals surface area contributed by atoms with Gasteiger partial charge in [-0.1, -0.05) is 41.4 Å². The van der Waals surface area contributed by atoms with Gasteiger partial charge in [-0.25, -0.2) is 4.98 Å². The molecule has 21 heavy (non-hydrogen) atoms. The number of aromatic nitrogens is 1. The van der Waals surface area contributed by atoms with Gasteiger partial charge in [0, 0.05) is 17.8 Å². The Kier molecular flexibility index (Phi) is 5.15. The van der Waals surface area contributed by atoms with Gasteiger partial charge in [0.05, 0.1) is 12.5 Å². The van der Waals surface area contributed by atoms with Crippen LogP contribution in [0.1, 0.15) is 16.8 Å². The normalized spacial score (nSPS) is 9.95. The molecule has 0 aliphatic rings. The third-order valence-electron chi connectivity index (χ3n) is 2.77. The zero-order valence-corrected chi connectivity index (χ0v) is 12.5. The SMILES string of the molecule is N#CCCN(C(=O)c1cc(Cl)nc(Cl)c1)c1ccccc1. The maximum atomic E-state index is 12.6. The summed E-state index contributed by atoms with van der Waals surface area (Å²) in [6.45, 7) is 0.289.